The average molecular weight is 394 g/mol. The number of thioether (sulfide) groups is 1. The van der Waals surface area contributed by atoms with Gasteiger partial charge in [-0.15, -0.1) is 11.8 Å². The van der Waals surface area contributed by atoms with Crippen LogP contribution in [0.2, 0.25) is 0 Å². The molecule has 0 atom stereocenters. The van der Waals surface area contributed by atoms with Crippen molar-refractivity contribution in [1.29, 1.82) is 0 Å². The maximum atomic E-state index is 12.1. The number of benzene rings is 2. The van der Waals surface area contributed by atoms with Crippen LogP contribution in [0.5, 0.6) is 0 Å². The smallest absolute Gasteiger partial charge is 0.339 e. The Labute approximate surface area is 147 Å². The number of nitrogens with one attached hydrogen (secondary N) is 1. The van der Waals surface area contributed by atoms with Gasteiger partial charge in [-0.3, -0.25) is 4.79 Å². The second-order valence-corrected chi connectivity index (χ2v) is 6.69. The van der Waals surface area contributed by atoms with Crippen LogP contribution >= 0.6 is 27.7 Å². The van der Waals surface area contributed by atoms with Crippen molar-refractivity contribution in [2.24, 2.45) is 0 Å². The zero-order valence-electron chi connectivity index (χ0n) is 12.5. The van der Waals surface area contributed by atoms with Crippen LogP contribution in [-0.4, -0.2) is 24.2 Å². The minimum absolute atomic E-state index is 0.328. The number of carbonyl (C=O) groups is 2. The number of carbonyl (C=O) groups excluding carboxylic acids is 2. The van der Waals surface area contributed by atoms with Crippen LogP contribution in [-0.2, 0) is 9.53 Å². The predicted molar refractivity (Wildman–Crippen MR) is 95.9 cm³/mol. The van der Waals surface area contributed by atoms with Gasteiger partial charge in [0.05, 0.1) is 11.3 Å². The Morgan fingerprint density at radius 1 is 1.13 bits per heavy atom. The summed E-state index contributed by atoms with van der Waals surface area (Å²) in [6.45, 7) is 1.68. The van der Waals surface area contributed by atoms with Gasteiger partial charge in [0, 0.05) is 9.37 Å². The molecule has 6 heteroatoms. The fourth-order valence-corrected chi connectivity index (χ4v) is 3.05. The zero-order valence-corrected chi connectivity index (χ0v) is 14.9. The van der Waals surface area contributed by atoms with E-state index >= 15 is 0 Å². The first-order valence-corrected chi connectivity index (χ1v) is 8.83. The molecule has 0 heterocycles. The van der Waals surface area contributed by atoms with Gasteiger partial charge in [0.1, 0.15) is 0 Å². The van der Waals surface area contributed by atoms with Gasteiger partial charge < -0.3 is 10.1 Å². The van der Waals surface area contributed by atoms with Gasteiger partial charge in [0.15, 0.2) is 6.61 Å². The molecule has 0 saturated carbocycles. The Morgan fingerprint density at radius 2 is 1.83 bits per heavy atom. The van der Waals surface area contributed by atoms with Gasteiger partial charge in [-0.05, 0) is 45.9 Å². The molecule has 0 aliphatic carbocycles. The second kappa shape index (κ2) is 8.74. The van der Waals surface area contributed by atoms with E-state index in [1.165, 1.54) is 0 Å². The van der Waals surface area contributed by atoms with E-state index in [1.807, 2.05) is 37.3 Å². The molecule has 0 unspecified atom stereocenters. The molecule has 0 spiro atoms. The maximum absolute atomic E-state index is 12.1. The summed E-state index contributed by atoms with van der Waals surface area (Å²) in [5, 5.41) is 2.69. The van der Waals surface area contributed by atoms with Crippen molar-refractivity contribution in [3.05, 3.63) is 58.6 Å². The van der Waals surface area contributed by atoms with Crippen LogP contribution < -0.4 is 5.32 Å². The van der Waals surface area contributed by atoms with Crippen LogP contribution in [0.3, 0.4) is 0 Å². The van der Waals surface area contributed by atoms with Gasteiger partial charge in [-0.25, -0.2) is 4.79 Å². The number of ether oxygens (including phenoxy) is 1. The highest BCUT2D eigenvalue weighted by molar-refractivity contribution is 9.10. The maximum Gasteiger partial charge on any atom is 0.339 e. The van der Waals surface area contributed by atoms with Crippen LogP contribution in [0.1, 0.15) is 17.3 Å². The lowest BCUT2D eigenvalue weighted by Gasteiger charge is -2.10. The molecule has 4 nitrogen and oxygen atoms in total. The highest BCUT2D eigenvalue weighted by atomic mass is 79.9. The Morgan fingerprint density at radius 3 is 2.57 bits per heavy atom. The minimum atomic E-state index is -0.496. The first-order valence-electron chi connectivity index (χ1n) is 7.05. The van der Waals surface area contributed by atoms with Crippen molar-refractivity contribution in [2.45, 2.75) is 11.8 Å². The summed E-state index contributed by atoms with van der Waals surface area (Å²) in [6, 6.07) is 14.5. The number of para-hydroxylation sites is 1. The van der Waals surface area contributed by atoms with Crippen molar-refractivity contribution in [3.8, 4) is 0 Å². The topological polar surface area (TPSA) is 55.4 Å². The predicted octanol–water partition coefficient (Wildman–Crippen LogP) is 4.36. The van der Waals surface area contributed by atoms with Crippen molar-refractivity contribution in [2.75, 3.05) is 17.7 Å². The number of amides is 1. The molecule has 1 N–H and O–H groups in total. The highest BCUT2D eigenvalue weighted by Crippen LogP contribution is 2.23. The lowest BCUT2D eigenvalue weighted by atomic mass is 10.2. The zero-order chi connectivity index (χ0) is 16.7. The van der Waals surface area contributed by atoms with Gasteiger partial charge in [-0.2, -0.15) is 0 Å². The molecule has 2 rings (SSSR count). The van der Waals surface area contributed by atoms with Gasteiger partial charge >= 0.3 is 5.97 Å². The van der Waals surface area contributed by atoms with Crippen LogP contribution in [0.25, 0.3) is 0 Å². The monoisotopic (exact) mass is 393 g/mol. The SMILES string of the molecule is CCSc1ccccc1C(=O)OCC(=O)Nc1ccccc1Br. The van der Waals surface area contributed by atoms with E-state index in [1.54, 1.807) is 30.0 Å². The molecule has 0 bridgehead atoms. The summed E-state index contributed by atoms with van der Waals surface area (Å²) in [7, 11) is 0. The normalized spacial score (nSPS) is 10.2. The third kappa shape index (κ3) is 5.11. The molecular formula is C17H16BrNO3S. The van der Waals surface area contributed by atoms with Gasteiger partial charge in [-0.1, -0.05) is 31.2 Å². The number of hydrogen-bond acceptors (Lipinski definition) is 4. The van der Waals surface area contributed by atoms with E-state index in [9.17, 15) is 9.59 Å². The van der Waals surface area contributed by atoms with E-state index in [-0.39, 0.29) is 12.5 Å². The molecule has 23 heavy (non-hydrogen) atoms. The Bertz CT molecular complexity index is 706. The number of rotatable bonds is 6. The van der Waals surface area contributed by atoms with E-state index in [0.717, 1.165) is 15.1 Å². The molecule has 0 aliphatic rings. The summed E-state index contributed by atoms with van der Waals surface area (Å²) < 4.78 is 5.88. The minimum Gasteiger partial charge on any atom is -0.452 e. The fraction of sp³-hybridized carbons (Fsp3) is 0.176. The number of esters is 1. The first kappa shape index (κ1) is 17.6. The molecule has 0 saturated heterocycles. The number of anilines is 1. The van der Waals surface area contributed by atoms with Crippen LogP contribution in [0.15, 0.2) is 57.9 Å². The molecular weight excluding hydrogens is 378 g/mol. The summed E-state index contributed by atoms with van der Waals surface area (Å²) in [5.41, 5.74) is 1.11. The second-order valence-electron chi connectivity index (χ2n) is 4.53. The lowest BCUT2D eigenvalue weighted by Crippen LogP contribution is -2.21. The average Bonchev–Trinajstić information content (AvgIpc) is 2.55. The molecule has 0 radical (unpaired) electrons. The summed E-state index contributed by atoms with van der Waals surface area (Å²) in [4.78, 5) is 24.9. The van der Waals surface area contributed by atoms with Crippen LogP contribution in [0.4, 0.5) is 5.69 Å². The van der Waals surface area contributed by atoms with Crippen molar-refractivity contribution < 1.29 is 14.3 Å². The number of hydrogen-bond donors (Lipinski definition) is 1. The number of halogens is 1. The van der Waals surface area contributed by atoms with Crippen molar-refractivity contribution in [3.63, 3.8) is 0 Å². The molecule has 120 valence electrons. The first-order chi connectivity index (χ1) is 11.1. The van der Waals surface area contributed by atoms with Crippen molar-refractivity contribution in [1.82, 2.24) is 0 Å². The quantitative estimate of drug-likeness (QED) is 0.585. The Balaban J connectivity index is 1.94. The fourth-order valence-electron chi connectivity index (χ4n) is 1.87. The van der Waals surface area contributed by atoms with E-state index in [4.69, 9.17) is 4.74 Å². The van der Waals surface area contributed by atoms with Gasteiger partial charge in [0.2, 0.25) is 0 Å². The molecule has 0 aliphatic heterocycles. The third-order valence-corrected chi connectivity index (χ3v) is 4.54. The Hall–Kier alpha value is -1.79. The molecule has 0 aromatic heterocycles. The lowest BCUT2D eigenvalue weighted by molar-refractivity contribution is -0.119. The summed E-state index contributed by atoms with van der Waals surface area (Å²) in [6.07, 6.45) is 0. The van der Waals surface area contributed by atoms with E-state index in [2.05, 4.69) is 21.2 Å². The third-order valence-electron chi connectivity index (χ3n) is 2.89. The molecule has 0 fully saturated rings. The van der Waals surface area contributed by atoms with Crippen LogP contribution in [0, 0.1) is 0 Å². The highest BCUT2D eigenvalue weighted by Gasteiger charge is 2.14. The standard InChI is InChI=1S/C17H16BrNO3S/c1-2-23-15-10-6-3-7-12(15)17(21)22-11-16(20)19-14-9-5-4-8-13(14)18/h3-10H,2,11H2,1H3,(H,19,20). The molecule has 1 amide bonds. The Kier molecular flexibility index (Phi) is 6.67. The van der Waals surface area contributed by atoms with Gasteiger partial charge in [0.25, 0.3) is 5.91 Å². The van der Waals surface area contributed by atoms with E-state index in [0.29, 0.717) is 11.3 Å². The van der Waals surface area contributed by atoms with E-state index < -0.39 is 5.97 Å². The van der Waals surface area contributed by atoms with Crippen molar-refractivity contribution >= 4 is 45.3 Å². The summed E-state index contributed by atoms with van der Waals surface area (Å²) >= 11 is 4.90. The molecule has 2 aromatic carbocycles. The molecule has 2 aromatic rings. The summed E-state index contributed by atoms with van der Waals surface area (Å²) in [5.74, 6) is -0.0259. The largest absolute Gasteiger partial charge is 0.452 e.